The zero-order chi connectivity index (χ0) is 17.6. The Bertz CT molecular complexity index is 803. The average molecular weight is 350 g/mol. The number of ether oxygens (including phenoxy) is 2. The molecule has 0 atom stereocenters. The minimum atomic E-state index is -3.72. The lowest BCUT2D eigenvalue weighted by molar-refractivity contribution is -0.123. The van der Waals surface area contributed by atoms with Crippen LogP contribution < -0.4 is 19.9 Å². The van der Waals surface area contributed by atoms with Gasteiger partial charge in [0.25, 0.3) is 5.91 Å². The fourth-order valence-corrected chi connectivity index (χ4v) is 2.45. The lowest BCUT2D eigenvalue weighted by Gasteiger charge is -2.10. The fourth-order valence-electron chi connectivity index (χ4n) is 1.93. The maximum absolute atomic E-state index is 11.8. The number of carbonyl (C=O) groups excluding carboxylic acids is 1. The number of rotatable bonds is 7. The Hall–Kier alpha value is -2.58. The highest BCUT2D eigenvalue weighted by atomic mass is 32.2. The number of para-hydroxylation sites is 2. The van der Waals surface area contributed by atoms with Crippen molar-refractivity contribution < 1.29 is 22.7 Å². The molecule has 0 aliphatic carbocycles. The number of nitrogens with one attached hydrogen (secondary N) is 1. The van der Waals surface area contributed by atoms with E-state index >= 15 is 0 Å². The summed E-state index contributed by atoms with van der Waals surface area (Å²) in [5.41, 5.74) is 0.744. The summed E-state index contributed by atoms with van der Waals surface area (Å²) in [5.74, 6) is 0.716. The predicted octanol–water partition coefficient (Wildman–Crippen LogP) is 1.04. The summed E-state index contributed by atoms with van der Waals surface area (Å²) in [4.78, 5) is 11.8. The Kier molecular flexibility index (Phi) is 5.78. The molecule has 0 aromatic heterocycles. The molecule has 0 spiro atoms. The maximum Gasteiger partial charge on any atom is 0.258 e. The monoisotopic (exact) mass is 350 g/mol. The molecule has 0 saturated carbocycles. The number of primary sulfonamides is 1. The highest BCUT2D eigenvalue weighted by molar-refractivity contribution is 7.89. The van der Waals surface area contributed by atoms with Crippen molar-refractivity contribution in [1.29, 1.82) is 0 Å². The molecule has 24 heavy (non-hydrogen) atoms. The molecule has 0 aliphatic heterocycles. The Morgan fingerprint density at radius 2 is 1.71 bits per heavy atom. The maximum atomic E-state index is 11.8. The lowest BCUT2D eigenvalue weighted by atomic mass is 10.2. The van der Waals surface area contributed by atoms with Crippen molar-refractivity contribution in [2.24, 2.45) is 5.14 Å². The molecular formula is C16H18N2O5S. The van der Waals surface area contributed by atoms with Gasteiger partial charge >= 0.3 is 0 Å². The SMILES string of the molecule is COc1ccccc1OCC(=O)NCc1ccc(S(N)(=O)=O)cc1. The van der Waals surface area contributed by atoms with Crippen molar-refractivity contribution in [3.8, 4) is 11.5 Å². The Morgan fingerprint density at radius 3 is 2.29 bits per heavy atom. The number of sulfonamides is 1. The van der Waals surface area contributed by atoms with E-state index in [1.807, 2.05) is 0 Å². The van der Waals surface area contributed by atoms with Crippen LogP contribution in [-0.4, -0.2) is 28.0 Å². The van der Waals surface area contributed by atoms with Crippen LogP contribution in [0.25, 0.3) is 0 Å². The van der Waals surface area contributed by atoms with Gasteiger partial charge in [-0.25, -0.2) is 13.6 Å². The quantitative estimate of drug-likeness (QED) is 0.776. The summed E-state index contributed by atoms with van der Waals surface area (Å²) < 4.78 is 32.9. The minimum absolute atomic E-state index is 0.0251. The van der Waals surface area contributed by atoms with Crippen molar-refractivity contribution in [2.45, 2.75) is 11.4 Å². The van der Waals surface area contributed by atoms with Gasteiger partial charge in [-0.3, -0.25) is 4.79 Å². The Labute approximate surface area is 140 Å². The first-order valence-corrected chi connectivity index (χ1v) is 8.59. The summed E-state index contributed by atoms with van der Waals surface area (Å²) in [7, 11) is -2.19. The van der Waals surface area contributed by atoms with E-state index in [0.717, 1.165) is 5.56 Å². The van der Waals surface area contributed by atoms with Gasteiger partial charge in [0.1, 0.15) is 0 Å². The zero-order valence-corrected chi connectivity index (χ0v) is 13.9. The van der Waals surface area contributed by atoms with Crippen LogP contribution in [0.2, 0.25) is 0 Å². The van der Waals surface area contributed by atoms with E-state index in [9.17, 15) is 13.2 Å². The van der Waals surface area contributed by atoms with Gasteiger partial charge in [-0.1, -0.05) is 24.3 Å². The summed E-state index contributed by atoms with van der Waals surface area (Å²) in [5, 5.41) is 7.70. The number of hydrogen-bond donors (Lipinski definition) is 2. The van der Waals surface area contributed by atoms with E-state index in [1.165, 1.54) is 19.2 Å². The number of methoxy groups -OCH3 is 1. The van der Waals surface area contributed by atoms with E-state index < -0.39 is 10.0 Å². The van der Waals surface area contributed by atoms with Crippen molar-refractivity contribution >= 4 is 15.9 Å². The van der Waals surface area contributed by atoms with Crippen LogP contribution >= 0.6 is 0 Å². The molecule has 128 valence electrons. The molecule has 8 heteroatoms. The van der Waals surface area contributed by atoms with Gasteiger partial charge in [-0.2, -0.15) is 0 Å². The molecule has 0 saturated heterocycles. The van der Waals surface area contributed by atoms with Crippen LogP contribution in [0, 0.1) is 0 Å². The highest BCUT2D eigenvalue weighted by Crippen LogP contribution is 2.25. The summed E-state index contributed by atoms with van der Waals surface area (Å²) >= 11 is 0. The molecular weight excluding hydrogens is 332 g/mol. The summed E-state index contributed by atoms with van der Waals surface area (Å²) in [6.07, 6.45) is 0. The van der Waals surface area contributed by atoms with Gasteiger partial charge in [0.2, 0.25) is 10.0 Å². The number of benzene rings is 2. The first-order valence-electron chi connectivity index (χ1n) is 7.04. The third-order valence-electron chi connectivity index (χ3n) is 3.17. The van der Waals surface area contributed by atoms with E-state index in [-0.39, 0.29) is 24.0 Å². The second kappa shape index (κ2) is 7.80. The standard InChI is InChI=1S/C16H18N2O5S/c1-22-14-4-2-3-5-15(14)23-11-16(19)18-10-12-6-8-13(9-7-12)24(17,20)21/h2-9H,10-11H2,1H3,(H,18,19)(H2,17,20,21). The van der Waals surface area contributed by atoms with Gasteiger partial charge in [0.15, 0.2) is 18.1 Å². The van der Waals surface area contributed by atoms with Crippen molar-refractivity contribution in [1.82, 2.24) is 5.32 Å². The predicted molar refractivity (Wildman–Crippen MR) is 88.2 cm³/mol. The highest BCUT2D eigenvalue weighted by Gasteiger charge is 2.08. The van der Waals surface area contributed by atoms with Gasteiger partial charge in [-0.15, -0.1) is 0 Å². The van der Waals surface area contributed by atoms with Gasteiger partial charge in [0, 0.05) is 6.54 Å². The minimum Gasteiger partial charge on any atom is -0.493 e. The topological polar surface area (TPSA) is 108 Å². The van der Waals surface area contributed by atoms with Gasteiger partial charge < -0.3 is 14.8 Å². The third-order valence-corrected chi connectivity index (χ3v) is 4.10. The van der Waals surface area contributed by atoms with Crippen LogP contribution in [0.1, 0.15) is 5.56 Å². The number of hydrogen-bond acceptors (Lipinski definition) is 5. The first-order chi connectivity index (χ1) is 11.4. The molecule has 2 rings (SSSR count). The molecule has 0 bridgehead atoms. The van der Waals surface area contributed by atoms with E-state index in [4.69, 9.17) is 14.6 Å². The van der Waals surface area contributed by atoms with E-state index in [0.29, 0.717) is 11.5 Å². The number of amides is 1. The lowest BCUT2D eigenvalue weighted by Crippen LogP contribution is -2.28. The number of nitrogens with two attached hydrogens (primary N) is 1. The van der Waals surface area contributed by atoms with Crippen LogP contribution in [0.5, 0.6) is 11.5 Å². The van der Waals surface area contributed by atoms with Crippen LogP contribution in [0.3, 0.4) is 0 Å². The Balaban J connectivity index is 1.85. The smallest absolute Gasteiger partial charge is 0.258 e. The molecule has 0 radical (unpaired) electrons. The van der Waals surface area contributed by atoms with E-state index in [2.05, 4.69) is 5.32 Å². The van der Waals surface area contributed by atoms with Crippen molar-refractivity contribution in [3.05, 3.63) is 54.1 Å². The molecule has 3 N–H and O–H groups in total. The molecule has 0 aliphatic rings. The molecule has 0 fully saturated rings. The molecule has 7 nitrogen and oxygen atoms in total. The first kappa shape index (κ1) is 17.8. The summed E-state index contributed by atoms with van der Waals surface area (Å²) in [6, 6.07) is 13.0. The van der Waals surface area contributed by atoms with Gasteiger partial charge in [-0.05, 0) is 29.8 Å². The summed E-state index contributed by atoms with van der Waals surface area (Å²) in [6.45, 7) is 0.0919. The molecule has 2 aromatic rings. The normalized spacial score (nSPS) is 10.9. The van der Waals surface area contributed by atoms with Crippen LogP contribution in [0.15, 0.2) is 53.4 Å². The molecule has 0 heterocycles. The molecule has 2 aromatic carbocycles. The third kappa shape index (κ3) is 4.97. The molecule has 1 amide bonds. The van der Waals surface area contributed by atoms with Gasteiger partial charge in [0.05, 0.1) is 12.0 Å². The van der Waals surface area contributed by atoms with Crippen molar-refractivity contribution in [3.63, 3.8) is 0 Å². The fraction of sp³-hybridized carbons (Fsp3) is 0.188. The van der Waals surface area contributed by atoms with Crippen molar-refractivity contribution in [2.75, 3.05) is 13.7 Å². The Morgan fingerprint density at radius 1 is 1.08 bits per heavy atom. The van der Waals surface area contributed by atoms with Crippen LogP contribution in [-0.2, 0) is 21.4 Å². The second-order valence-electron chi connectivity index (χ2n) is 4.91. The largest absolute Gasteiger partial charge is 0.493 e. The second-order valence-corrected chi connectivity index (χ2v) is 6.47. The van der Waals surface area contributed by atoms with Crippen LogP contribution in [0.4, 0.5) is 0 Å². The number of carbonyl (C=O) groups is 1. The zero-order valence-electron chi connectivity index (χ0n) is 13.1. The van der Waals surface area contributed by atoms with E-state index in [1.54, 1.807) is 36.4 Å². The molecule has 0 unspecified atom stereocenters. The average Bonchev–Trinajstić information content (AvgIpc) is 2.58.